The second kappa shape index (κ2) is 7.30. The Morgan fingerprint density at radius 2 is 2.44 bits per heavy atom. The molecule has 6 heteroatoms. The van der Waals surface area contributed by atoms with Crippen LogP contribution in [-0.4, -0.2) is 17.4 Å². The molecule has 1 aromatic heterocycles. The summed E-state index contributed by atoms with van der Waals surface area (Å²) in [6.07, 6.45) is 3.68. The molecule has 0 aliphatic rings. The van der Waals surface area contributed by atoms with Crippen molar-refractivity contribution >= 4 is 23.2 Å². The van der Waals surface area contributed by atoms with Gasteiger partial charge >= 0.3 is 0 Å². The zero-order valence-corrected chi connectivity index (χ0v) is 10.7. The molecule has 0 saturated carbocycles. The van der Waals surface area contributed by atoms with Crippen LogP contribution in [0.3, 0.4) is 0 Å². The molecule has 1 amide bonds. The van der Waals surface area contributed by atoms with Gasteiger partial charge in [0.25, 0.3) is 5.91 Å². The molecule has 0 radical (unpaired) electrons. The molecule has 94 valence electrons. The van der Waals surface area contributed by atoms with E-state index in [1.165, 1.54) is 6.20 Å². The number of anilines is 1. The van der Waals surface area contributed by atoms with Gasteiger partial charge < -0.3 is 10.6 Å². The maximum atomic E-state index is 11.5. The normalized spacial score (nSPS) is 10.6. The Balaban J connectivity index is 2.72. The number of nitrogens with zero attached hydrogens (tertiary/aromatic N) is 2. The van der Waals surface area contributed by atoms with E-state index in [-0.39, 0.29) is 10.7 Å². The van der Waals surface area contributed by atoms with Crippen LogP contribution >= 0.6 is 11.6 Å². The number of carbonyl (C=O) groups is 1. The SMILES string of the molecule is CCCNC(=O)/C(C#N)=C\Nc1cccnc1Cl. The van der Waals surface area contributed by atoms with Crippen molar-refractivity contribution in [1.82, 2.24) is 10.3 Å². The molecule has 18 heavy (non-hydrogen) atoms. The van der Waals surface area contributed by atoms with E-state index < -0.39 is 5.91 Å². The fourth-order valence-corrected chi connectivity index (χ4v) is 1.30. The minimum atomic E-state index is -0.410. The Morgan fingerprint density at radius 3 is 3.06 bits per heavy atom. The highest BCUT2D eigenvalue weighted by atomic mass is 35.5. The van der Waals surface area contributed by atoms with E-state index in [0.717, 1.165) is 6.42 Å². The summed E-state index contributed by atoms with van der Waals surface area (Å²) in [5, 5.41) is 14.6. The number of aromatic nitrogens is 1. The van der Waals surface area contributed by atoms with Gasteiger partial charge in [-0.15, -0.1) is 0 Å². The molecule has 1 rings (SSSR count). The second-order valence-corrected chi connectivity index (χ2v) is 3.77. The van der Waals surface area contributed by atoms with Crippen molar-refractivity contribution in [2.75, 3.05) is 11.9 Å². The number of hydrogen-bond donors (Lipinski definition) is 2. The van der Waals surface area contributed by atoms with Crippen LogP contribution in [-0.2, 0) is 4.79 Å². The number of carbonyl (C=O) groups excluding carboxylic acids is 1. The lowest BCUT2D eigenvalue weighted by Crippen LogP contribution is -2.25. The topological polar surface area (TPSA) is 77.8 Å². The van der Waals surface area contributed by atoms with Gasteiger partial charge in [0.05, 0.1) is 5.69 Å². The molecule has 1 aromatic rings. The van der Waals surface area contributed by atoms with Crippen molar-refractivity contribution in [1.29, 1.82) is 5.26 Å². The van der Waals surface area contributed by atoms with E-state index in [2.05, 4.69) is 15.6 Å². The first-order chi connectivity index (χ1) is 8.69. The molecular formula is C12H13ClN4O. The van der Waals surface area contributed by atoms with Crippen LogP contribution in [0.25, 0.3) is 0 Å². The molecule has 0 aliphatic carbocycles. The van der Waals surface area contributed by atoms with E-state index >= 15 is 0 Å². The monoisotopic (exact) mass is 264 g/mol. The molecule has 0 unspecified atom stereocenters. The van der Waals surface area contributed by atoms with Gasteiger partial charge in [-0.1, -0.05) is 18.5 Å². The van der Waals surface area contributed by atoms with Gasteiger partial charge in [-0.2, -0.15) is 5.26 Å². The third-order valence-corrected chi connectivity index (χ3v) is 2.33. The molecule has 0 aliphatic heterocycles. The maximum absolute atomic E-state index is 11.5. The summed E-state index contributed by atoms with van der Waals surface area (Å²) in [5.41, 5.74) is 0.526. The van der Waals surface area contributed by atoms with Gasteiger partial charge in [-0.25, -0.2) is 4.98 Å². The number of nitrogens with one attached hydrogen (secondary N) is 2. The molecule has 0 saturated heterocycles. The van der Waals surface area contributed by atoms with Gasteiger partial charge in [-0.05, 0) is 18.6 Å². The van der Waals surface area contributed by atoms with Crippen LogP contribution in [0.4, 0.5) is 5.69 Å². The summed E-state index contributed by atoms with van der Waals surface area (Å²) in [4.78, 5) is 15.4. The summed E-state index contributed by atoms with van der Waals surface area (Å²) in [7, 11) is 0. The predicted octanol–water partition coefficient (Wildman–Crippen LogP) is 2.08. The number of pyridine rings is 1. The zero-order chi connectivity index (χ0) is 13.4. The minimum absolute atomic E-state index is 0.0108. The van der Waals surface area contributed by atoms with Crippen molar-refractivity contribution in [3.63, 3.8) is 0 Å². The lowest BCUT2D eigenvalue weighted by molar-refractivity contribution is -0.117. The number of amides is 1. The smallest absolute Gasteiger partial charge is 0.263 e. The van der Waals surface area contributed by atoms with Crippen LogP contribution < -0.4 is 10.6 Å². The van der Waals surface area contributed by atoms with E-state index in [9.17, 15) is 4.79 Å². The van der Waals surface area contributed by atoms with Crippen LogP contribution in [0.15, 0.2) is 30.1 Å². The molecule has 1 heterocycles. The van der Waals surface area contributed by atoms with Crippen molar-refractivity contribution in [3.8, 4) is 6.07 Å². The third kappa shape index (κ3) is 4.07. The van der Waals surface area contributed by atoms with Crippen LogP contribution in [0, 0.1) is 11.3 Å². The first kappa shape index (κ1) is 14.0. The zero-order valence-electron chi connectivity index (χ0n) is 9.90. The third-order valence-electron chi connectivity index (χ3n) is 2.03. The summed E-state index contributed by atoms with van der Waals surface area (Å²) in [5.74, 6) is -0.410. The summed E-state index contributed by atoms with van der Waals surface area (Å²) < 4.78 is 0. The number of rotatable bonds is 5. The Kier molecular flexibility index (Phi) is 5.68. The minimum Gasteiger partial charge on any atom is -0.358 e. The van der Waals surface area contributed by atoms with Crippen molar-refractivity contribution < 1.29 is 4.79 Å². The fourth-order valence-electron chi connectivity index (χ4n) is 1.13. The van der Waals surface area contributed by atoms with Crippen molar-refractivity contribution in [2.45, 2.75) is 13.3 Å². The second-order valence-electron chi connectivity index (χ2n) is 3.41. The van der Waals surface area contributed by atoms with E-state index in [4.69, 9.17) is 16.9 Å². The first-order valence-electron chi connectivity index (χ1n) is 5.44. The van der Waals surface area contributed by atoms with E-state index in [0.29, 0.717) is 12.2 Å². The summed E-state index contributed by atoms with van der Waals surface area (Å²) >= 11 is 5.83. The summed E-state index contributed by atoms with van der Waals surface area (Å²) in [6.45, 7) is 2.47. The van der Waals surface area contributed by atoms with Crippen molar-refractivity contribution in [3.05, 3.63) is 35.3 Å². The molecule has 0 bridgehead atoms. The van der Waals surface area contributed by atoms with Crippen LogP contribution in [0.5, 0.6) is 0 Å². The van der Waals surface area contributed by atoms with Gasteiger partial charge in [0.1, 0.15) is 11.6 Å². The van der Waals surface area contributed by atoms with Gasteiger partial charge in [0.15, 0.2) is 5.15 Å². The largest absolute Gasteiger partial charge is 0.358 e. The molecular weight excluding hydrogens is 252 g/mol. The summed E-state index contributed by atoms with van der Waals surface area (Å²) in [6, 6.07) is 5.22. The molecule has 5 nitrogen and oxygen atoms in total. The fraction of sp³-hybridized carbons (Fsp3) is 0.250. The Bertz CT molecular complexity index is 493. The first-order valence-corrected chi connectivity index (χ1v) is 5.82. The lowest BCUT2D eigenvalue weighted by atomic mass is 10.3. The van der Waals surface area contributed by atoms with Crippen molar-refractivity contribution in [2.24, 2.45) is 0 Å². The highest BCUT2D eigenvalue weighted by molar-refractivity contribution is 6.32. The standard InChI is InChI=1S/C12H13ClN4O/c1-2-5-16-12(18)9(7-14)8-17-10-4-3-6-15-11(10)13/h3-4,6,8,17H,2,5H2,1H3,(H,16,18)/b9-8-. The molecule has 0 spiro atoms. The maximum Gasteiger partial charge on any atom is 0.263 e. The molecule has 2 N–H and O–H groups in total. The van der Waals surface area contributed by atoms with Crippen LogP contribution in [0.1, 0.15) is 13.3 Å². The lowest BCUT2D eigenvalue weighted by Gasteiger charge is -2.04. The highest BCUT2D eigenvalue weighted by Gasteiger charge is 2.07. The van der Waals surface area contributed by atoms with E-state index in [1.807, 2.05) is 13.0 Å². The van der Waals surface area contributed by atoms with Gasteiger partial charge in [0.2, 0.25) is 0 Å². The molecule has 0 aromatic carbocycles. The number of hydrogen-bond acceptors (Lipinski definition) is 4. The predicted molar refractivity (Wildman–Crippen MR) is 69.9 cm³/mol. The Hall–Kier alpha value is -2.06. The molecule has 0 fully saturated rings. The van der Waals surface area contributed by atoms with E-state index in [1.54, 1.807) is 18.3 Å². The molecule has 0 atom stereocenters. The number of nitriles is 1. The van der Waals surface area contributed by atoms with Gasteiger partial charge in [0, 0.05) is 18.9 Å². The van der Waals surface area contributed by atoms with Gasteiger partial charge in [-0.3, -0.25) is 4.79 Å². The Labute approximate surface area is 110 Å². The highest BCUT2D eigenvalue weighted by Crippen LogP contribution is 2.17. The number of halogens is 1. The average molecular weight is 265 g/mol. The van der Waals surface area contributed by atoms with Crippen LogP contribution in [0.2, 0.25) is 5.15 Å². The average Bonchev–Trinajstić information content (AvgIpc) is 2.39. The Morgan fingerprint density at radius 1 is 1.67 bits per heavy atom. The quantitative estimate of drug-likeness (QED) is 0.485.